The Morgan fingerprint density at radius 2 is 1.76 bits per heavy atom. The van der Waals surface area contributed by atoms with E-state index < -0.39 is 13.3 Å². The first-order valence-electron chi connectivity index (χ1n) is 13.7. The molecule has 4 aliphatic rings. The van der Waals surface area contributed by atoms with Gasteiger partial charge in [-0.1, -0.05) is 66.0 Å². The minimum Gasteiger partial charge on any atom is -0.324 e. The fourth-order valence-corrected chi connectivity index (χ4v) is 10.7. The van der Waals surface area contributed by atoms with Gasteiger partial charge in [0.05, 0.1) is 5.66 Å². The van der Waals surface area contributed by atoms with Crippen molar-refractivity contribution < 1.29 is 19.1 Å². The third-order valence-corrected chi connectivity index (χ3v) is 12.8. The van der Waals surface area contributed by atoms with E-state index in [-0.39, 0.29) is 22.2 Å². The minimum absolute atomic E-state index is 0.0552. The SMILES string of the molecule is CC(C=O)CCC[C@@H](C)[C@H]1CC=C2C3=C(CC[C@@]21C)[C@@]1(C)CC[C@H](P(=O)(O)O)C(C)(C)[C@@H]1CC3. The Morgan fingerprint density at radius 1 is 1.06 bits per heavy atom. The van der Waals surface area contributed by atoms with Gasteiger partial charge in [0.25, 0.3) is 0 Å². The number of hydrogen-bond acceptors (Lipinski definition) is 2. The van der Waals surface area contributed by atoms with Gasteiger partial charge in [0.15, 0.2) is 0 Å². The third-order valence-electron chi connectivity index (χ3n) is 11.1. The van der Waals surface area contributed by atoms with Crippen molar-refractivity contribution in [3.63, 3.8) is 0 Å². The molecule has 4 aliphatic carbocycles. The van der Waals surface area contributed by atoms with Crippen molar-refractivity contribution in [3.8, 4) is 0 Å². The highest BCUT2D eigenvalue weighted by atomic mass is 31.2. The number of carbonyl (C=O) groups excluding carboxylic acids is 1. The number of allylic oxidation sites excluding steroid dienone is 4. The van der Waals surface area contributed by atoms with Gasteiger partial charge in [-0.2, -0.15) is 0 Å². The van der Waals surface area contributed by atoms with Gasteiger partial charge in [0.2, 0.25) is 0 Å². The summed E-state index contributed by atoms with van der Waals surface area (Å²) in [5, 5.41) is 0. The first-order valence-corrected chi connectivity index (χ1v) is 15.4. The lowest BCUT2D eigenvalue weighted by Crippen LogP contribution is -2.53. The third kappa shape index (κ3) is 4.14. The quantitative estimate of drug-likeness (QED) is 0.287. The van der Waals surface area contributed by atoms with Gasteiger partial charge in [0.1, 0.15) is 6.29 Å². The largest absolute Gasteiger partial charge is 0.329 e. The van der Waals surface area contributed by atoms with Crippen LogP contribution in [0.2, 0.25) is 0 Å². The number of carbonyl (C=O) groups is 1. The second-order valence-corrected chi connectivity index (χ2v) is 15.1. The van der Waals surface area contributed by atoms with Crippen LogP contribution in [0.1, 0.15) is 106 Å². The molecule has 5 heteroatoms. The molecular weight excluding hydrogens is 443 g/mol. The molecule has 0 amide bonds. The second kappa shape index (κ2) is 9.00. The molecule has 7 atom stereocenters. The van der Waals surface area contributed by atoms with Crippen LogP contribution in [-0.2, 0) is 9.36 Å². The van der Waals surface area contributed by atoms with Gasteiger partial charge in [-0.25, -0.2) is 0 Å². The molecule has 0 aliphatic heterocycles. The molecule has 0 aromatic carbocycles. The zero-order chi connectivity index (χ0) is 25.1. The molecule has 1 unspecified atom stereocenters. The molecule has 2 N–H and O–H groups in total. The Labute approximate surface area is 207 Å². The summed E-state index contributed by atoms with van der Waals surface area (Å²) in [5.41, 5.74) is 4.27. The second-order valence-electron chi connectivity index (χ2n) is 13.3. The van der Waals surface area contributed by atoms with Crippen LogP contribution < -0.4 is 0 Å². The Kier molecular flexibility index (Phi) is 6.98. The van der Waals surface area contributed by atoms with E-state index >= 15 is 0 Å². The topological polar surface area (TPSA) is 74.6 Å². The van der Waals surface area contributed by atoms with Crippen molar-refractivity contribution in [2.45, 2.75) is 111 Å². The Morgan fingerprint density at radius 3 is 2.41 bits per heavy atom. The van der Waals surface area contributed by atoms with Gasteiger partial charge in [-0.15, -0.1) is 0 Å². The van der Waals surface area contributed by atoms with Crippen molar-refractivity contribution >= 4 is 13.9 Å². The summed E-state index contributed by atoms with van der Waals surface area (Å²) in [7, 11) is -4.11. The van der Waals surface area contributed by atoms with Crippen LogP contribution >= 0.6 is 7.60 Å². The maximum absolute atomic E-state index is 12.3. The maximum Gasteiger partial charge on any atom is 0.329 e. The van der Waals surface area contributed by atoms with Gasteiger partial charge in [0, 0.05) is 5.92 Å². The summed E-state index contributed by atoms with van der Waals surface area (Å²) in [4.78, 5) is 31.2. The highest BCUT2D eigenvalue weighted by molar-refractivity contribution is 7.52. The van der Waals surface area contributed by atoms with E-state index in [0.29, 0.717) is 24.2 Å². The normalized spacial score (nSPS) is 38.9. The van der Waals surface area contributed by atoms with E-state index in [1.165, 1.54) is 19.3 Å². The van der Waals surface area contributed by atoms with E-state index in [9.17, 15) is 19.1 Å². The lowest BCUT2D eigenvalue weighted by Gasteiger charge is -2.60. The van der Waals surface area contributed by atoms with Gasteiger partial charge < -0.3 is 14.6 Å². The summed E-state index contributed by atoms with van der Waals surface area (Å²) in [6, 6.07) is 0. The first kappa shape index (κ1) is 26.4. The summed E-state index contributed by atoms with van der Waals surface area (Å²) in [5.74, 6) is 1.83. The van der Waals surface area contributed by atoms with Crippen molar-refractivity contribution in [2.75, 3.05) is 0 Å². The molecule has 0 spiro atoms. The van der Waals surface area contributed by atoms with E-state index in [4.69, 9.17) is 0 Å². The Bertz CT molecular complexity index is 926. The Balaban J connectivity index is 1.57. The molecule has 0 heterocycles. The van der Waals surface area contributed by atoms with Gasteiger partial charge >= 0.3 is 7.60 Å². The van der Waals surface area contributed by atoms with E-state index in [0.717, 1.165) is 44.8 Å². The molecule has 4 nitrogen and oxygen atoms in total. The van der Waals surface area contributed by atoms with Crippen LogP contribution in [-0.4, -0.2) is 21.7 Å². The molecule has 0 saturated heterocycles. The predicted octanol–water partition coefficient (Wildman–Crippen LogP) is 7.45. The standard InChI is InChI=1S/C29H47O4P/c1-19(18-30)8-7-9-20(2)22-11-12-23-21-10-13-25-27(3,4)26(34(31,32)33)15-17-29(25,6)24(21)14-16-28(22,23)5/h12,18-20,22,25-26H,7-11,13-17H2,1-6H3,(H2,31,32,33)/t19?,20-,22-,25+,26+,28-,29-/m1/s1. The molecule has 34 heavy (non-hydrogen) atoms. The zero-order valence-corrected chi connectivity index (χ0v) is 23.2. The Hall–Kier alpha value is -0.700. The molecule has 0 bridgehead atoms. The van der Waals surface area contributed by atoms with Gasteiger partial charge in [-0.3, -0.25) is 4.57 Å². The highest BCUT2D eigenvalue weighted by Crippen LogP contribution is 2.70. The minimum atomic E-state index is -4.11. The molecular formula is C29H47O4P. The van der Waals surface area contributed by atoms with E-state index in [1.54, 1.807) is 16.7 Å². The van der Waals surface area contributed by atoms with Crippen molar-refractivity contribution in [3.05, 3.63) is 22.8 Å². The van der Waals surface area contributed by atoms with E-state index in [2.05, 4.69) is 40.7 Å². The lowest BCUT2D eigenvalue weighted by atomic mass is 9.47. The van der Waals surface area contributed by atoms with Gasteiger partial charge in [-0.05, 0) is 96.5 Å². The van der Waals surface area contributed by atoms with Crippen LogP contribution in [0.4, 0.5) is 0 Å². The summed E-state index contributed by atoms with van der Waals surface area (Å²) >= 11 is 0. The fraction of sp³-hybridized carbons (Fsp3) is 0.828. The van der Waals surface area contributed by atoms with Crippen molar-refractivity contribution in [1.82, 2.24) is 0 Å². The van der Waals surface area contributed by atoms with Crippen LogP contribution in [0, 0.1) is 39.9 Å². The van der Waals surface area contributed by atoms with Crippen molar-refractivity contribution in [2.24, 2.45) is 39.9 Å². The van der Waals surface area contributed by atoms with Crippen LogP contribution in [0.25, 0.3) is 0 Å². The summed E-state index contributed by atoms with van der Waals surface area (Å²) < 4.78 is 12.3. The zero-order valence-electron chi connectivity index (χ0n) is 22.3. The molecule has 4 rings (SSSR count). The fourth-order valence-electron chi connectivity index (χ4n) is 9.21. The highest BCUT2D eigenvalue weighted by Gasteiger charge is 2.60. The summed E-state index contributed by atoms with van der Waals surface area (Å²) in [6.45, 7) is 13.6. The van der Waals surface area contributed by atoms with Crippen LogP contribution in [0.15, 0.2) is 22.8 Å². The first-order chi connectivity index (χ1) is 15.8. The van der Waals surface area contributed by atoms with Crippen LogP contribution in [0.3, 0.4) is 0 Å². The summed E-state index contributed by atoms with van der Waals surface area (Å²) in [6.07, 6.45) is 14.1. The monoisotopic (exact) mass is 490 g/mol. The molecule has 0 aromatic rings. The lowest BCUT2D eigenvalue weighted by molar-refractivity contribution is -0.110. The average molecular weight is 491 g/mol. The predicted molar refractivity (Wildman–Crippen MR) is 138 cm³/mol. The number of hydrogen-bond donors (Lipinski definition) is 2. The molecule has 0 aromatic heterocycles. The van der Waals surface area contributed by atoms with E-state index in [1.807, 2.05) is 6.92 Å². The smallest absolute Gasteiger partial charge is 0.324 e. The molecule has 1 saturated carbocycles. The molecule has 0 radical (unpaired) electrons. The molecule has 192 valence electrons. The number of aldehydes is 1. The number of fused-ring (bicyclic) bond motifs is 4. The number of rotatable bonds is 7. The maximum atomic E-state index is 12.3. The molecule has 1 fully saturated rings. The van der Waals surface area contributed by atoms with Crippen molar-refractivity contribution in [1.29, 1.82) is 0 Å². The van der Waals surface area contributed by atoms with Crippen LogP contribution in [0.5, 0.6) is 0 Å². The average Bonchev–Trinajstić information content (AvgIpc) is 3.09.